The number of pyridine rings is 1. The Hall–Kier alpha value is -1.41. The fraction of sp³-hybridized carbons (Fsp3) is 0.526. The lowest BCUT2D eigenvalue weighted by molar-refractivity contribution is 0.235. The summed E-state index contributed by atoms with van der Waals surface area (Å²) in [7, 11) is 2.12. The average molecular weight is 282 g/mol. The first kappa shape index (κ1) is 14.5. The number of benzene rings is 1. The Morgan fingerprint density at radius 2 is 1.90 bits per heavy atom. The number of para-hydroxylation sites is 1. The molecule has 1 heterocycles. The van der Waals surface area contributed by atoms with Gasteiger partial charge in [0.05, 0.1) is 5.52 Å². The molecule has 1 saturated carbocycles. The van der Waals surface area contributed by atoms with E-state index in [-0.39, 0.29) is 0 Å². The van der Waals surface area contributed by atoms with Crippen LogP contribution in [0, 0.1) is 11.8 Å². The van der Waals surface area contributed by atoms with Gasteiger partial charge in [0.15, 0.2) is 0 Å². The molecule has 3 rings (SSSR count). The smallest absolute Gasteiger partial charge is 0.0704 e. The summed E-state index contributed by atoms with van der Waals surface area (Å²) in [5.41, 5.74) is 2.54. The maximum atomic E-state index is 4.48. The molecule has 1 N–H and O–H groups in total. The second-order valence-electron chi connectivity index (χ2n) is 6.61. The lowest BCUT2D eigenvalue weighted by atomic mass is 9.77. The molecule has 0 amide bonds. The molecule has 112 valence electrons. The fourth-order valence-electron chi connectivity index (χ4n) is 3.76. The van der Waals surface area contributed by atoms with Gasteiger partial charge < -0.3 is 5.32 Å². The lowest BCUT2D eigenvalue weighted by Gasteiger charge is -2.33. The molecular formula is C19H26N2. The number of hydrogen-bond acceptors (Lipinski definition) is 2. The molecule has 2 heteroatoms. The minimum Gasteiger partial charge on any atom is -0.316 e. The van der Waals surface area contributed by atoms with Crippen molar-refractivity contribution in [3.05, 3.63) is 42.1 Å². The van der Waals surface area contributed by atoms with E-state index in [1.165, 1.54) is 36.6 Å². The van der Waals surface area contributed by atoms with Crippen LogP contribution in [-0.2, 0) is 6.42 Å². The third-order valence-electron chi connectivity index (χ3n) is 5.18. The van der Waals surface area contributed by atoms with Crippen LogP contribution in [0.4, 0.5) is 0 Å². The van der Waals surface area contributed by atoms with E-state index in [0.717, 1.165) is 23.8 Å². The van der Waals surface area contributed by atoms with Crippen molar-refractivity contribution in [2.45, 2.75) is 45.1 Å². The van der Waals surface area contributed by atoms with Crippen molar-refractivity contribution in [1.29, 1.82) is 0 Å². The Bertz CT molecular complexity index is 580. The molecule has 0 radical (unpaired) electrons. The maximum Gasteiger partial charge on any atom is 0.0704 e. The molecule has 0 spiro atoms. The van der Waals surface area contributed by atoms with E-state index in [1.54, 1.807) is 0 Å². The van der Waals surface area contributed by atoms with Crippen LogP contribution in [0.25, 0.3) is 10.9 Å². The van der Waals surface area contributed by atoms with Crippen molar-refractivity contribution >= 4 is 10.9 Å². The molecule has 1 aliphatic carbocycles. The Balaban J connectivity index is 1.79. The predicted molar refractivity (Wildman–Crippen MR) is 89.4 cm³/mol. The van der Waals surface area contributed by atoms with Gasteiger partial charge in [-0.25, -0.2) is 0 Å². The Kier molecular flexibility index (Phi) is 4.54. The largest absolute Gasteiger partial charge is 0.316 e. The maximum absolute atomic E-state index is 4.48. The van der Waals surface area contributed by atoms with Crippen molar-refractivity contribution < 1.29 is 0 Å². The summed E-state index contributed by atoms with van der Waals surface area (Å²) in [6.07, 6.45) is 8.58. The second-order valence-corrected chi connectivity index (χ2v) is 6.61. The number of nitrogens with zero attached hydrogens (tertiary/aromatic N) is 1. The molecule has 1 atom stereocenters. The van der Waals surface area contributed by atoms with Crippen molar-refractivity contribution in [1.82, 2.24) is 10.3 Å². The first-order chi connectivity index (χ1) is 10.3. The molecule has 1 aromatic heterocycles. The van der Waals surface area contributed by atoms with Crippen LogP contribution in [0.2, 0.25) is 0 Å². The molecule has 21 heavy (non-hydrogen) atoms. The summed E-state index contributed by atoms with van der Waals surface area (Å²) in [5, 5.41) is 4.89. The highest BCUT2D eigenvalue weighted by molar-refractivity contribution is 5.81. The Labute approximate surface area is 128 Å². The monoisotopic (exact) mass is 282 g/mol. The summed E-state index contributed by atoms with van der Waals surface area (Å²) >= 11 is 0. The normalized spacial score (nSPS) is 24.1. The van der Waals surface area contributed by atoms with E-state index in [2.05, 4.69) is 54.6 Å². The van der Waals surface area contributed by atoms with E-state index >= 15 is 0 Å². The van der Waals surface area contributed by atoms with Crippen LogP contribution in [0.15, 0.2) is 36.5 Å². The van der Waals surface area contributed by atoms with Crippen LogP contribution in [0.5, 0.6) is 0 Å². The van der Waals surface area contributed by atoms with E-state index in [0.29, 0.717) is 6.04 Å². The standard InChI is InChI=1S/C19H26N2/c1-14-7-9-15(10-8-14)19(20-2)13-16-11-12-21-18-6-4-3-5-17(16)18/h3-6,11-12,14-15,19-20H,7-10,13H2,1-2H3. The van der Waals surface area contributed by atoms with Gasteiger partial charge in [0.2, 0.25) is 0 Å². The average Bonchev–Trinajstić information content (AvgIpc) is 2.54. The lowest BCUT2D eigenvalue weighted by Crippen LogP contribution is -2.37. The molecule has 0 bridgehead atoms. The zero-order valence-electron chi connectivity index (χ0n) is 13.2. The molecule has 0 aliphatic heterocycles. The van der Waals surface area contributed by atoms with Gasteiger partial charge >= 0.3 is 0 Å². The number of fused-ring (bicyclic) bond motifs is 1. The zero-order chi connectivity index (χ0) is 14.7. The topological polar surface area (TPSA) is 24.9 Å². The van der Waals surface area contributed by atoms with E-state index < -0.39 is 0 Å². The summed E-state index contributed by atoms with van der Waals surface area (Å²) in [6, 6.07) is 11.3. The number of likely N-dealkylation sites (N-methyl/N-ethyl adjacent to an activating group) is 1. The molecule has 1 unspecified atom stereocenters. The molecule has 0 saturated heterocycles. The zero-order valence-corrected chi connectivity index (χ0v) is 13.2. The highest BCUT2D eigenvalue weighted by atomic mass is 14.9. The number of rotatable bonds is 4. The Morgan fingerprint density at radius 3 is 2.67 bits per heavy atom. The highest BCUT2D eigenvalue weighted by Gasteiger charge is 2.25. The summed E-state index contributed by atoms with van der Waals surface area (Å²) in [6.45, 7) is 2.39. The van der Waals surface area contributed by atoms with Gasteiger partial charge in [-0.15, -0.1) is 0 Å². The van der Waals surface area contributed by atoms with Gasteiger partial charge in [0.1, 0.15) is 0 Å². The second kappa shape index (κ2) is 6.57. The number of aromatic nitrogens is 1. The molecule has 1 fully saturated rings. The predicted octanol–water partition coefficient (Wildman–Crippen LogP) is 4.19. The van der Waals surface area contributed by atoms with Gasteiger partial charge in [0.25, 0.3) is 0 Å². The third kappa shape index (κ3) is 3.26. The van der Waals surface area contributed by atoms with Gasteiger partial charge in [0, 0.05) is 17.6 Å². The number of hydrogen-bond donors (Lipinski definition) is 1. The van der Waals surface area contributed by atoms with Gasteiger partial charge in [-0.2, -0.15) is 0 Å². The van der Waals surface area contributed by atoms with Gasteiger partial charge in [-0.1, -0.05) is 38.0 Å². The van der Waals surface area contributed by atoms with Crippen molar-refractivity contribution in [3.8, 4) is 0 Å². The highest BCUT2D eigenvalue weighted by Crippen LogP contribution is 2.32. The van der Waals surface area contributed by atoms with E-state index in [4.69, 9.17) is 0 Å². The summed E-state index contributed by atoms with van der Waals surface area (Å²) < 4.78 is 0. The molecule has 1 aliphatic rings. The van der Waals surface area contributed by atoms with Gasteiger partial charge in [-0.3, -0.25) is 4.98 Å². The first-order valence-electron chi connectivity index (χ1n) is 8.28. The molecule has 1 aromatic carbocycles. The molecule has 2 aromatic rings. The Morgan fingerprint density at radius 1 is 1.14 bits per heavy atom. The van der Waals surface area contributed by atoms with Crippen LogP contribution in [0.1, 0.15) is 38.2 Å². The minimum absolute atomic E-state index is 0.586. The summed E-state index contributed by atoms with van der Waals surface area (Å²) in [5.74, 6) is 1.73. The van der Waals surface area contributed by atoms with Crippen LogP contribution in [-0.4, -0.2) is 18.1 Å². The van der Waals surface area contributed by atoms with E-state index in [1.807, 2.05) is 6.20 Å². The first-order valence-corrected chi connectivity index (χ1v) is 8.28. The SMILES string of the molecule is CNC(Cc1ccnc2ccccc12)C1CCC(C)CC1. The van der Waals surface area contributed by atoms with Gasteiger partial charge in [-0.05, 0) is 55.8 Å². The van der Waals surface area contributed by atoms with Crippen LogP contribution in [0.3, 0.4) is 0 Å². The minimum atomic E-state index is 0.586. The van der Waals surface area contributed by atoms with E-state index in [9.17, 15) is 0 Å². The third-order valence-corrected chi connectivity index (χ3v) is 5.18. The summed E-state index contributed by atoms with van der Waals surface area (Å²) in [4.78, 5) is 4.48. The van der Waals surface area contributed by atoms with Crippen molar-refractivity contribution in [2.24, 2.45) is 11.8 Å². The van der Waals surface area contributed by atoms with Crippen molar-refractivity contribution in [2.75, 3.05) is 7.05 Å². The van der Waals surface area contributed by atoms with Crippen LogP contribution < -0.4 is 5.32 Å². The molecule has 2 nitrogen and oxygen atoms in total. The quantitative estimate of drug-likeness (QED) is 0.909. The van der Waals surface area contributed by atoms with Crippen molar-refractivity contribution in [3.63, 3.8) is 0 Å². The molecular weight excluding hydrogens is 256 g/mol. The van der Waals surface area contributed by atoms with Crippen LogP contribution >= 0.6 is 0 Å². The fourth-order valence-corrected chi connectivity index (χ4v) is 3.76. The number of nitrogens with one attached hydrogen (secondary N) is 1.